The average Bonchev–Trinajstić information content (AvgIpc) is 3.35. The number of carbonyl (C=O) groups is 3. The molecule has 0 bridgehead atoms. The minimum absolute atomic E-state index is 0.119. The van der Waals surface area contributed by atoms with E-state index in [0.717, 1.165) is 11.3 Å². The number of ketones is 2. The Labute approximate surface area is 209 Å². The Morgan fingerprint density at radius 2 is 1.89 bits per heavy atom. The Bertz CT molecular complexity index is 1430. The number of halogens is 1. The van der Waals surface area contributed by atoms with E-state index in [-0.39, 0.29) is 22.2 Å². The zero-order chi connectivity index (χ0) is 24.9. The fraction of sp³-hybridized carbons (Fsp3) is 0.200. The first kappa shape index (κ1) is 23.1. The number of aromatic nitrogens is 1. The van der Waals surface area contributed by atoms with Gasteiger partial charge >= 0.3 is 5.91 Å². The van der Waals surface area contributed by atoms with E-state index >= 15 is 0 Å². The third-order valence-corrected chi connectivity index (χ3v) is 7.23. The molecule has 5 rings (SSSR count). The van der Waals surface area contributed by atoms with Crippen molar-refractivity contribution in [3.05, 3.63) is 74.8 Å². The molecule has 1 unspecified atom stereocenters. The number of hydrogen-bond donors (Lipinski definition) is 1. The number of benzene rings is 2. The number of amides is 1. The first-order valence-corrected chi connectivity index (χ1v) is 11.9. The molecule has 3 heterocycles. The predicted molar refractivity (Wildman–Crippen MR) is 131 cm³/mol. The smallest absolute Gasteiger partial charge is 0.301 e. The molecule has 1 fully saturated rings. The summed E-state index contributed by atoms with van der Waals surface area (Å²) in [5.41, 5.74) is 1.13. The van der Waals surface area contributed by atoms with Crippen molar-refractivity contribution in [3.8, 4) is 11.5 Å². The number of Topliss-reactive ketones (excluding diaryl/α,β-unsaturated/α-hetero) is 2. The summed E-state index contributed by atoms with van der Waals surface area (Å²) in [4.78, 5) is 44.6. The van der Waals surface area contributed by atoms with Crippen molar-refractivity contribution < 1.29 is 29.0 Å². The Kier molecular flexibility index (Phi) is 5.82. The fourth-order valence-corrected chi connectivity index (χ4v) is 5.37. The van der Waals surface area contributed by atoms with E-state index in [0.29, 0.717) is 51.4 Å². The summed E-state index contributed by atoms with van der Waals surface area (Å²) >= 11 is 7.25. The summed E-state index contributed by atoms with van der Waals surface area (Å²) in [6.45, 7) is 3.84. The van der Waals surface area contributed by atoms with Gasteiger partial charge in [0.2, 0.25) is 0 Å². The van der Waals surface area contributed by atoms with Crippen molar-refractivity contribution in [2.75, 3.05) is 18.1 Å². The van der Waals surface area contributed by atoms with Gasteiger partial charge in [-0.05, 0) is 42.8 Å². The highest BCUT2D eigenvalue weighted by molar-refractivity contribution is 7.18. The Morgan fingerprint density at radius 1 is 1.14 bits per heavy atom. The lowest BCUT2D eigenvalue weighted by Gasteiger charge is -2.23. The molecule has 178 valence electrons. The number of thiazole rings is 1. The lowest BCUT2D eigenvalue weighted by Crippen LogP contribution is -2.29. The van der Waals surface area contributed by atoms with Crippen LogP contribution in [0.2, 0.25) is 5.02 Å². The maximum Gasteiger partial charge on any atom is 0.301 e. The lowest BCUT2D eigenvalue weighted by molar-refractivity contribution is -0.132. The normalized spacial score (nSPS) is 18.7. The summed E-state index contributed by atoms with van der Waals surface area (Å²) < 4.78 is 11.1. The van der Waals surface area contributed by atoms with E-state index in [2.05, 4.69) is 4.98 Å². The Hall–Kier alpha value is -3.69. The van der Waals surface area contributed by atoms with Gasteiger partial charge in [-0.2, -0.15) is 0 Å². The molecule has 0 spiro atoms. The van der Waals surface area contributed by atoms with Crippen LogP contribution >= 0.6 is 22.9 Å². The van der Waals surface area contributed by atoms with Gasteiger partial charge in [-0.3, -0.25) is 19.3 Å². The van der Waals surface area contributed by atoms with Crippen LogP contribution in [0, 0.1) is 6.92 Å². The monoisotopic (exact) mass is 510 g/mol. The predicted octanol–water partition coefficient (Wildman–Crippen LogP) is 4.71. The fourth-order valence-electron chi connectivity index (χ4n) is 4.18. The van der Waals surface area contributed by atoms with Crippen molar-refractivity contribution in [2.45, 2.75) is 19.9 Å². The van der Waals surface area contributed by atoms with Gasteiger partial charge in [0, 0.05) is 17.5 Å². The van der Waals surface area contributed by atoms with Gasteiger partial charge in [-0.1, -0.05) is 35.1 Å². The molecule has 0 saturated carbocycles. The second-order valence-corrected chi connectivity index (χ2v) is 9.46. The number of hydrogen-bond acceptors (Lipinski definition) is 8. The lowest BCUT2D eigenvalue weighted by atomic mass is 9.95. The van der Waals surface area contributed by atoms with Crippen molar-refractivity contribution >= 4 is 51.3 Å². The van der Waals surface area contributed by atoms with Gasteiger partial charge in [-0.25, -0.2) is 4.98 Å². The number of carbonyl (C=O) groups excluding carboxylic acids is 3. The first-order valence-electron chi connectivity index (χ1n) is 10.7. The molecule has 1 saturated heterocycles. The van der Waals surface area contributed by atoms with Crippen molar-refractivity contribution in [1.29, 1.82) is 0 Å². The molecule has 35 heavy (non-hydrogen) atoms. The average molecular weight is 511 g/mol. The Morgan fingerprint density at radius 3 is 2.57 bits per heavy atom. The van der Waals surface area contributed by atoms with Crippen LogP contribution in [-0.4, -0.2) is 40.8 Å². The summed E-state index contributed by atoms with van der Waals surface area (Å²) in [6.07, 6.45) is 0. The zero-order valence-corrected chi connectivity index (χ0v) is 20.3. The molecule has 3 aromatic rings. The third kappa shape index (κ3) is 3.96. The molecule has 2 aliphatic rings. The van der Waals surface area contributed by atoms with Crippen LogP contribution in [-0.2, 0) is 9.59 Å². The van der Waals surface area contributed by atoms with E-state index in [9.17, 15) is 19.5 Å². The van der Waals surface area contributed by atoms with E-state index in [4.69, 9.17) is 21.1 Å². The number of aliphatic hydroxyl groups excluding tert-OH is 1. The minimum atomic E-state index is -1.01. The molecule has 1 atom stereocenters. The van der Waals surface area contributed by atoms with Crippen LogP contribution in [0.15, 0.2) is 48.0 Å². The van der Waals surface area contributed by atoms with E-state index in [1.807, 2.05) is 0 Å². The molecule has 8 nitrogen and oxygen atoms in total. The molecule has 0 aliphatic carbocycles. The maximum absolute atomic E-state index is 13.3. The van der Waals surface area contributed by atoms with Crippen LogP contribution < -0.4 is 14.4 Å². The van der Waals surface area contributed by atoms with Gasteiger partial charge in [0.15, 0.2) is 22.4 Å². The van der Waals surface area contributed by atoms with Crippen molar-refractivity contribution in [3.63, 3.8) is 0 Å². The summed E-state index contributed by atoms with van der Waals surface area (Å²) in [7, 11) is 0. The molecular formula is C25H19ClN2O6S. The van der Waals surface area contributed by atoms with E-state index in [1.54, 1.807) is 49.4 Å². The molecule has 2 aromatic carbocycles. The standard InChI is InChI=1S/C25H19ClN2O6S/c1-12-23(13(2)29)35-25(27-12)28-20(14-4-3-5-16(26)10-14)19(22(31)24(28)32)21(30)15-6-7-17-18(11-15)34-9-8-33-17/h3-7,10-11,20,30H,8-9H2,1-2H3/b21-19+. The van der Waals surface area contributed by atoms with Crippen molar-refractivity contribution in [2.24, 2.45) is 0 Å². The largest absolute Gasteiger partial charge is 0.507 e. The summed E-state index contributed by atoms with van der Waals surface area (Å²) in [5.74, 6) is -1.35. The Balaban J connectivity index is 1.70. The quantitative estimate of drug-likeness (QED) is 0.234. The maximum atomic E-state index is 13.3. The van der Waals surface area contributed by atoms with Crippen molar-refractivity contribution in [1.82, 2.24) is 4.98 Å². The van der Waals surface area contributed by atoms with Gasteiger partial charge in [0.1, 0.15) is 19.0 Å². The number of ether oxygens (including phenoxy) is 2. The second-order valence-electron chi connectivity index (χ2n) is 8.05. The number of fused-ring (bicyclic) bond motifs is 1. The van der Waals surface area contributed by atoms with Gasteiger partial charge in [0.05, 0.1) is 22.2 Å². The molecule has 10 heteroatoms. The number of anilines is 1. The molecule has 2 aliphatic heterocycles. The molecule has 0 radical (unpaired) electrons. The zero-order valence-electron chi connectivity index (χ0n) is 18.7. The second kappa shape index (κ2) is 8.83. The van der Waals surface area contributed by atoms with Crippen LogP contribution in [0.1, 0.15) is 39.5 Å². The molecule has 1 aromatic heterocycles. The van der Waals surface area contributed by atoms with E-state index < -0.39 is 17.7 Å². The highest BCUT2D eigenvalue weighted by Crippen LogP contribution is 2.45. The van der Waals surface area contributed by atoms with E-state index in [1.165, 1.54) is 11.8 Å². The summed E-state index contributed by atoms with van der Waals surface area (Å²) in [5, 5.41) is 11.9. The van der Waals surface area contributed by atoms with Gasteiger partial charge in [0.25, 0.3) is 5.78 Å². The molecular weight excluding hydrogens is 492 g/mol. The number of aryl methyl sites for hydroxylation is 1. The van der Waals surface area contributed by atoms with Gasteiger partial charge < -0.3 is 14.6 Å². The van der Waals surface area contributed by atoms with Crippen LogP contribution in [0.4, 0.5) is 5.13 Å². The van der Waals surface area contributed by atoms with Crippen LogP contribution in [0.5, 0.6) is 11.5 Å². The molecule has 1 N–H and O–H groups in total. The number of aliphatic hydroxyl groups is 1. The number of rotatable bonds is 4. The highest BCUT2D eigenvalue weighted by atomic mass is 35.5. The van der Waals surface area contributed by atoms with Crippen LogP contribution in [0.3, 0.4) is 0 Å². The van der Waals surface area contributed by atoms with Gasteiger partial charge in [-0.15, -0.1) is 0 Å². The van der Waals surface area contributed by atoms with Crippen LogP contribution in [0.25, 0.3) is 5.76 Å². The third-order valence-electron chi connectivity index (χ3n) is 5.74. The molecule has 1 amide bonds. The SMILES string of the molecule is CC(=O)c1sc(N2C(=O)C(=O)/C(=C(/O)c3ccc4c(c3)OCCO4)C2c2cccc(Cl)c2)nc1C. The topological polar surface area (TPSA) is 106 Å². The minimum Gasteiger partial charge on any atom is -0.507 e. The highest BCUT2D eigenvalue weighted by Gasteiger charge is 2.48. The number of nitrogens with zero attached hydrogens (tertiary/aromatic N) is 2. The summed E-state index contributed by atoms with van der Waals surface area (Å²) in [6, 6.07) is 10.5. The first-order chi connectivity index (χ1) is 16.8.